The SMILES string of the molecule is Fc1ccccc1Cn1cc(NC2CC2)nn1. The van der Waals surface area contributed by atoms with Crippen molar-refractivity contribution < 1.29 is 4.39 Å². The second kappa shape index (κ2) is 4.16. The van der Waals surface area contributed by atoms with E-state index >= 15 is 0 Å². The molecular formula is C12H13FN4. The van der Waals surface area contributed by atoms with Crippen LogP contribution in [0.1, 0.15) is 18.4 Å². The minimum absolute atomic E-state index is 0.209. The largest absolute Gasteiger partial charge is 0.365 e. The lowest BCUT2D eigenvalue weighted by Gasteiger charge is -2.01. The Morgan fingerprint density at radius 3 is 2.94 bits per heavy atom. The van der Waals surface area contributed by atoms with Crippen molar-refractivity contribution >= 4 is 5.82 Å². The molecule has 0 bridgehead atoms. The zero-order chi connectivity index (χ0) is 11.7. The molecule has 0 spiro atoms. The number of anilines is 1. The smallest absolute Gasteiger partial charge is 0.168 e. The van der Waals surface area contributed by atoms with E-state index in [9.17, 15) is 4.39 Å². The topological polar surface area (TPSA) is 42.7 Å². The highest BCUT2D eigenvalue weighted by atomic mass is 19.1. The third-order valence-electron chi connectivity index (χ3n) is 2.76. The lowest BCUT2D eigenvalue weighted by Crippen LogP contribution is -2.02. The number of nitrogens with one attached hydrogen (secondary N) is 1. The van der Waals surface area contributed by atoms with Crippen LogP contribution in [0.25, 0.3) is 0 Å². The van der Waals surface area contributed by atoms with Crippen LogP contribution in [0.3, 0.4) is 0 Å². The average molecular weight is 232 g/mol. The number of benzene rings is 1. The molecule has 3 rings (SSSR count). The molecule has 88 valence electrons. The van der Waals surface area contributed by atoms with Gasteiger partial charge in [-0.2, -0.15) is 0 Å². The van der Waals surface area contributed by atoms with Crippen molar-refractivity contribution in [3.63, 3.8) is 0 Å². The molecule has 4 nitrogen and oxygen atoms in total. The molecule has 1 saturated carbocycles. The summed E-state index contributed by atoms with van der Waals surface area (Å²) in [5, 5.41) is 11.2. The Hall–Kier alpha value is -1.91. The van der Waals surface area contributed by atoms with Gasteiger partial charge in [0.2, 0.25) is 0 Å². The van der Waals surface area contributed by atoms with Gasteiger partial charge < -0.3 is 5.32 Å². The Balaban J connectivity index is 1.72. The van der Waals surface area contributed by atoms with Crippen molar-refractivity contribution in [3.05, 3.63) is 41.8 Å². The summed E-state index contributed by atoms with van der Waals surface area (Å²) in [6, 6.07) is 7.26. The molecule has 2 aromatic rings. The molecule has 1 heterocycles. The van der Waals surface area contributed by atoms with Crippen molar-refractivity contribution in [2.75, 3.05) is 5.32 Å². The fraction of sp³-hybridized carbons (Fsp3) is 0.333. The van der Waals surface area contributed by atoms with Gasteiger partial charge in [0.15, 0.2) is 5.82 Å². The third-order valence-corrected chi connectivity index (χ3v) is 2.76. The monoisotopic (exact) mass is 232 g/mol. The lowest BCUT2D eigenvalue weighted by molar-refractivity contribution is 0.577. The van der Waals surface area contributed by atoms with Gasteiger partial charge in [-0.05, 0) is 18.9 Å². The first-order valence-electron chi connectivity index (χ1n) is 5.71. The molecule has 0 atom stereocenters. The van der Waals surface area contributed by atoms with Crippen LogP contribution in [0.5, 0.6) is 0 Å². The van der Waals surface area contributed by atoms with E-state index in [4.69, 9.17) is 0 Å². The average Bonchev–Trinajstić information content (AvgIpc) is 3.02. The fourth-order valence-electron chi connectivity index (χ4n) is 1.68. The molecule has 0 radical (unpaired) electrons. The van der Waals surface area contributed by atoms with E-state index in [0.29, 0.717) is 18.2 Å². The second-order valence-electron chi connectivity index (χ2n) is 4.31. The molecule has 0 amide bonds. The summed E-state index contributed by atoms with van der Waals surface area (Å²) in [4.78, 5) is 0. The number of aromatic nitrogens is 3. The van der Waals surface area contributed by atoms with E-state index in [0.717, 1.165) is 5.82 Å². The van der Waals surface area contributed by atoms with Crippen LogP contribution in [0, 0.1) is 5.82 Å². The maximum Gasteiger partial charge on any atom is 0.168 e. The van der Waals surface area contributed by atoms with E-state index in [1.54, 1.807) is 16.8 Å². The van der Waals surface area contributed by atoms with Gasteiger partial charge in [0, 0.05) is 11.6 Å². The van der Waals surface area contributed by atoms with Crippen LogP contribution in [-0.4, -0.2) is 21.0 Å². The molecule has 0 unspecified atom stereocenters. The number of rotatable bonds is 4. The first-order valence-corrected chi connectivity index (χ1v) is 5.71. The molecule has 1 fully saturated rings. The van der Waals surface area contributed by atoms with Gasteiger partial charge in [0.05, 0.1) is 12.7 Å². The number of halogens is 1. The van der Waals surface area contributed by atoms with E-state index in [2.05, 4.69) is 15.6 Å². The highest BCUT2D eigenvalue weighted by Crippen LogP contribution is 2.23. The summed E-state index contributed by atoms with van der Waals surface area (Å²) in [6.07, 6.45) is 4.20. The normalized spacial score (nSPS) is 14.9. The van der Waals surface area contributed by atoms with Gasteiger partial charge in [-0.3, -0.25) is 0 Å². The Labute approximate surface area is 98.5 Å². The summed E-state index contributed by atoms with van der Waals surface area (Å²) in [6.45, 7) is 0.409. The predicted molar refractivity (Wildman–Crippen MR) is 62.2 cm³/mol. The molecular weight excluding hydrogens is 219 g/mol. The van der Waals surface area contributed by atoms with Crippen molar-refractivity contribution in [2.45, 2.75) is 25.4 Å². The molecule has 0 aliphatic heterocycles. The Bertz CT molecular complexity index is 519. The van der Waals surface area contributed by atoms with Crippen molar-refractivity contribution in [2.24, 2.45) is 0 Å². The highest BCUT2D eigenvalue weighted by Gasteiger charge is 2.21. The number of hydrogen-bond donors (Lipinski definition) is 1. The predicted octanol–water partition coefficient (Wildman–Crippen LogP) is 2.04. The minimum atomic E-state index is -0.209. The summed E-state index contributed by atoms with van der Waals surface area (Å²) in [7, 11) is 0. The van der Waals surface area contributed by atoms with Gasteiger partial charge >= 0.3 is 0 Å². The minimum Gasteiger partial charge on any atom is -0.365 e. The van der Waals surface area contributed by atoms with Crippen LogP contribution < -0.4 is 5.32 Å². The van der Waals surface area contributed by atoms with Crippen LogP contribution >= 0.6 is 0 Å². The van der Waals surface area contributed by atoms with E-state index in [1.165, 1.54) is 18.9 Å². The van der Waals surface area contributed by atoms with Gasteiger partial charge in [-0.25, -0.2) is 9.07 Å². The van der Waals surface area contributed by atoms with E-state index in [-0.39, 0.29) is 5.82 Å². The van der Waals surface area contributed by atoms with Crippen LogP contribution in [0.2, 0.25) is 0 Å². The number of hydrogen-bond acceptors (Lipinski definition) is 3. The van der Waals surface area contributed by atoms with Crippen LogP contribution in [-0.2, 0) is 6.54 Å². The van der Waals surface area contributed by atoms with Gasteiger partial charge in [-0.1, -0.05) is 23.4 Å². The molecule has 0 saturated heterocycles. The highest BCUT2D eigenvalue weighted by molar-refractivity contribution is 5.33. The Morgan fingerprint density at radius 1 is 1.35 bits per heavy atom. The lowest BCUT2D eigenvalue weighted by atomic mass is 10.2. The second-order valence-corrected chi connectivity index (χ2v) is 4.31. The van der Waals surface area contributed by atoms with Gasteiger partial charge in [-0.15, -0.1) is 5.10 Å². The quantitative estimate of drug-likeness (QED) is 0.877. The van der Waals surface area contributed by atoms with Gasteiger partial charge in [0.1, 0.15) is 5.82 Å². The molecule has 1 N–H and O–H groups in total. The first-order chi connectivity index (χ1) is 8.31. The summed E-state index contributed by atoms with van der Waals surface area (Å²) < 4.78 is 15.1. The Kier molecular flexibility index (Phi) is 2.51. The zero-order valence-electron chi connectivity index (χ0n) is 9.31. The molecule has 1 aromatic heterocycles. The number of nitrogens with zero attached hydrogens (tertiary/aromatic N) is 3. The summed E-state index contributed by atoms with van der Waals surface area (Å²) in [5.74, 6) is 0.559. The maximum absolute atomic E-state index is 13.4. The summed E-state index contributed by atoms with van der Waals surface area (Å²) >= 11 is 0. The molecule has 1 aliphatic rings. The zero-order valence-corrected chi connectivity index (χ0v) is 9.31. The fourth-order valence-corrected chi connectivity index (χ4v) is 1.68. The van der Waals surface area contributed by atoms with Crippen LogP contribution in [0.15, 0.2) is 30.5 Å². The van der Waals surface area contributed by atoms with Crippen LogP contribution in [0.4, 0.5) is 10.2 Å². The van der Waals surface area contributed by atoms with Gasteiger partial charge in [0.25, 0.3) is 0 Å². The third kappa shape index (κ3) is 2.43. The molecule has 5 heteroatoms. The van der Waals surface area contributed by atoms with E-state index < -0.39 is 0 Å². The van der Waals surface area contributed by atoms with Crippen molar-refractivity contribution in [1.82, 2.24) is 15.0 Å². The summed E-state index contributed by atoms with van der Waals surface area (Å²) in [5.41, 5.74) is 0.621. The first kappa shape index (κ1) is 10.3. The molecule has 1 aromatic carbocycles. The van der Waals surface area contributed by atoms with Crippen molar-refractivity contribution in [3.8, 4) is 0 Å². The standard InChI is InChI=1S/C12H13FN4/c13-11-4-2-1-3-9(11)7-17-8-12(15-16-17)14-10-5-6-10/h1-4,8,10,14H,5-7H2. The molecule has 1 aliphatic carbocycles. The molecule has 17 heavy (non-hydrogen) atoms. The maximum atomic E-state index is 13.4. The Morgan fingerprint density at radius 2 is 2.18 bits per heavy atom. The van der Waals surface area contributed by atoms with Crippen molar-refractivity contribution in [1.29, 1.82) is 0 Å². The van der Waals surface area contributed by atoms with E-state index in [1.807, 2.05) is 12.3 Å².